The number of rotatable bonds is 5. The minimum Gasteiger partial charge on any atom is -0.464 e. The van der Waals surface area contributed by atoms with Crippen LogP contribution in [0.25, 0.3) is 0 Å². The molecular formula is C20H25N3O3. The molecule has 1 aliphatic heterocycles. The highest BCUT2D eigenvalue weighted by Gasteiger charge is 2.36. The number of aromatic nitrogens is 1. The van der Waals surface area contributed by atoms with Gasteiger partial charge >= 0.3 is 0 Å². The first-order chi connectivity index (χ1) is 12.6. The first kappa shape index (κ1) is 17.1. The molecule has 2 aromatic heterocycles. The van der Waals surface area contributed by atoms with E-state index in [1.807, 2.05) is 24.3 Å². The zero-order chi connectivity index (χ0) is 18.1. The van der Waals surface area contributed by atoms with Crippen LogP contribution in [0.15, 0.2) is 34.9 Å². The molecule has 4 rings (SSSR count). The Morgan fingerprint density at radius 1 is 1.27 bits per heavy atom. The van der Waals surface area contributed by atoms with E-state index in [4.69, 9.17) is 9.15 Å². The molecule has 1 amide bonds. The molecule has 0 spiro atoms. The second-order valence-corrected chi connectivity index (χ2v) is 7.29. The highest BCUT2D eigenvalue weighted by Crippen LogP contribution is 2.47. The van der Waals surface area contributed by atoms with Crippen LogP contribution in [0.5, 0.6) is 0 Å². The maximum absolute atomic E-state index is 12.7. The van der Waals surface area contributed by atoms with Crippen molar-refractivity contribution < 1.29 is 13.9 Å². The van der Waals surface area contributed by atoms with Gasteiger partial charge in [-0.15, -0.1) is 0 Å². The zero-order valence-corrected chi connectivity index (χ0v) is 15.4. The standard InChI is InChI=1S/C20H25N3O3/c1-14-11-17(14)18-5-4-16(26-18)13-22(2)20(24)15-3-6-19(21-12-15)23-7-9-25-10-8-23/h3-6,12,14,17H,7-11,13H2,1-2H3/t14-,17-/m0/s1. The van der Waals surface area contributed by atoms with Gasteiger partial charge in [0.05, 0.1) is 25.3 Å². The number of ether oxygens (including phenoxy) is 1. The minimum absolute atomic E-state index is 0.0521. The molecule has 6 nitrogen and oxygen atoms in total. The Bertz CT molecular complexity index is 765. The van der Waals surface area contributed by atoms with Gasteiger partial charge in [0.2, 0.25) is 0 Å². The normalized spacial score (nSPS) is 22.3. The molecule has 3 heterocycles. The van der Waals surface area contributed by atoms with Crippen LogP contribution in [0.1, 0.15) is 41.1 Å². The Hall–Kier alpha value is -2.34. The summed E-state index contributed by atoms with van der Waals surface area (Å²) in [6.45, 7) is 5.80. The van der Waals surface area contributed by atoms with Crippen LogP contribution >= 0.6 is 0 Å². The van der Waals surface area contributed by atoms with Crippen LogP contribution in [-0.4, -0.2) is 49.1 Å². The third-order valence-electron chi connectivity index (χ3n) is 5.23. The number of pyridine rings is 1. The lowest BCUT2D eigenvalue weighted by molar-refractivity contribution is 0.0774. The van der Waals surface area contributed by atoms with E-state index in [2.05, 4.69) is 16.8 Å². The molecule has 2 atom stereocenters. The number of carbonyl (C=O) groups excluding carboxylic acids is 1. The Balaban J connectivity index is 1.37. The molecule has 1 saturated carbocycles. The number of hydrogen-bond donors (Lipinski definition) is 0. The van der Waals surface area contributed by atoms with Crippen LogP contribution in [0.2, 0.25) is 0 Å². The number of furan rings is 1. The van der Waals surface area contributed by atoms with Gasteiger partial charge in [0.25, 0.3) is 5.91 Å². The molecule has 2 aromatic rings. The fourth-order valence-corrected chi connectivity index (χ4v) is 3.42. The summed E-state index contributed by atoms with van der Waals surface area (Å²) in [4.78, 5) is 21.0. The number of hydrogen-bond acceptors (Lipinski definition) is 5. The van der Waals surface area contributed by atoms with E-state index in [1.165, 1.54) is 6.42 Å². The minimum atomic E-state index is -0.0521. The quantitative estimate of drug-likeness (QED) is 0.825. The monoisotopic (exact) mass is 355 g/mol. The molecule has 2 fully saturated rings. The Morgan fingerprint density at radius 3 is 2.69 bits per heavy atom. The lowest BCUT2D eigenvalue weighted by atomic mass is 10.2. The van der Waals surface area contributed by atoms with Crippen LogP contribution in [0.4, 0.5) is 5.82 Å². The van der Waals surface area contributed by atoms with Crippen molar-refractivity contribution in [3.8, 4) is 0 Å². The van der Waals surface area contributed by atoms with Crippen molar-refractivity contribution in [2.75, 3.05) is 38.3 Å². The summed E-state index contributed by atoms with van der Waals surface area (Å²) in [7, 11) is 1.79. The SMILES string of the molecule is C[C@H]1C[C@@H]1c1ccc(CN(C)C(=O)c2ccc(N3CCOCC3)nc2)o1. The van der Waals surface area contributed by atoms with Gasteiger partial charge in [-0.2, -0.15) is 0 Å². The molecule has 0 unspecified atom stereocenters. The summed E-state index contributed by atoms with van der Waals surface area (Å²) in [5.41, 5.74) is 0.590. The molecule has 138 valence electrons. The third-order valence-corrected chi connectivity index (χ3v) is 5.23. The highest BCUT2D eigenvalue weighted by molar-refractivity contribution is 5.93. The second kappa shape index (κ2) is 7.11. The largest absolute Gasteiger partial charge is 0.464 e. The van der Waals surface area contributed by atoms with E-state index in [0.717, 1.165) is 43.6 Å². The average Bonchev–Trinajstić information content (AvgIpc) is 3.23. The highest BCUT2D eigenvalue weighted by atomic mass is 16.5. The molecule has 0 bridgehead atoms. The van der Waals surface area contributed by atoms with Gasteiger partial charge in [-0.05, 0) is 36.6 Å². The van der Waals surface area contributed by atoms with E-state index >= 15 is 0 Å². The van der Waals surface area contributed by atoms with E-state index in [-0.39, 0.29) is 5.91 Å². The summed E-state index contributed by atoms with van der Waals surface area (Å²) in [6, 6.07) is 7.77. The average molecular weight is 355 g/mol. The van der Waals surface area contributed by atoms with E-state index < -0.39 is 0 Å². The molecule has 0 N–H and O–H groups in total. The van der Waals surface area contributed by atoms with Crippen LogP contribution in [-0.2, 0) is 11.3 Å². The van der Waals surface area contributed by atoms with Gasteiger partial charge < -0.3 is 19.0 Å². The zero-order valence-electron chi connectivity index (χ0n) is 15.4. The molecule has 0 aromatic carbocycles. The van der Waals surface area contributed by atoms with Crippen molar-refractivity contribution in [3.63, 3.8) is 0 Å². The van der Waals surface area contributed by atoms with Gasteiger partial charge in [-0.25, -0.2) is 4.98 Å². The molecule has 1 aliphatic carbocycles. The fourth-order valence-electron chi connectivity index (χ4n) is 3.42. The van der Waals surface area contributed by atoms with Gasteiger partial charge in [-0.1, -0.05) is 6.92 Å². The van der Waals surface area contributed by atoms with Gasteiger partial charge in [-0.3, -0.25) is 4.79 Å². The molecular weight excluding hydrogens is 330 g/mol. The van der Waals surface area contributed by atoms with Crippen molar-refractivity contribution >= 4 is 11.7 Å². The van der Waals surface area contributed by atoms with E-state index in [9.17, 15) is 4.79 Å². The Labute approximate surface area is 153 Å². The number of nitrogens with zero attached hydrogens (tertiary/aromatic N) is 3. The Morgan fingerprint density at radius 2 is 2.04 bits per heavy atom. The number of morpholine rings is 1. The second-order valence-electron chi connectivity index (χ2n) is 7.29. The van der Waals surface area contributed by atoms with E-state index in [0.29, 0.717) is 23.9 Å². The van der Waals surface area contributed by atoms with Gasteiger partial charge in [0.1, 0.15) is 17.3 Å². The van der Waals surface area contributed by atoms with Gasteiger partial charge in [0, 0.05) is 32.3 Å². The maximum atomic E-state index is 12.7. The first-order valence-corrected chi connectivity index (χ1v) is 9.24. The molecule has 26 heavy (non-hydrogen) atoms. The van der Waals surface area contributed by atoms with Crippen molar-refractivity contribution in [2.24, 2.45) is 5.92 Å². The summed E-state index contributed by atoms with van der Waals surface area (Å²) in [5, 5.41) is 0. The van der Waals surface area contributed by atoms with Gasteiger partial charge in [0.15, 0.2) is 0 Å². The molecule has 0 radical (unpaired) electrons. The fraction of sp³-hybridized carbons (Fsp3) is 0.500. The smallest absolute Gasteiger partial charge is 0.255 e. The van der Waals surface area contributed by atoms with Crippen LogP contribution < -0.4 is 4.90 Å². The number of anilines is 1. The summed E-state index contributed by atoms with van der Waals surface area (Å²) >= 11 is 0. The van der Waals surface area contributed by atoms with E-state index in [1.54, 1.807) is 18.1 Å². The lowest BCUT2D eigenvalue weighted by Gasteiger charge is -2.27. The topological polar surface area (TPSA) is 58.8 Å². The van der Waals surface area contributed by atoms with Crippen LogP contribution in [0.3, 0.4) is 0 Å². The first-order valence-electron chi connectivity index (χ1n) is 9.24. The summed E-state index contributed by atoms with van der Waals surface area (Å²) in [6.07, 6.45) is 2.85. The molecule has 2 aliphatic rings. The van der Waals surface area contributed by atoms with Crippen molar-refractivity contribution in [3.05, 3.63) is 47.5 Å². The number of amides is 1. The summed E-state index contributed by atoms with van der Waals surface area (Å²) < 4.78 is 11.3. The summed E-state index contributed by atoms with van der Waals surface area (Å²) in [5.74, 6) is 3.98. The number of carbonyl (C=O) groups is 1. The van der Waals surface area contributed by atoms with Crippen molar-refractivity contribution in [1.29, 1.82) is 0 Å². The van der Waals surface area contributed by atoms with Crippen LogP contribution in [0, 0.1) is 5.92 Å². The predicted octanol–water partition coefficient (Wildman–Crippen LogP) is 2.91. The Kier molecular flexibility index (Phi) is 4.68. The maximum Gasteiger partial charge on any atom is 0.255 e. The molecule has 1 saturated heterocycles. The third kappa shape index (κ3) is 3.60. The van der Waals surface area contributed by atoms with Crippen molar-refractivity contribution in [1.82, 2.24) is 9.88 Å². The van der Waals surface area contributed by atoms with Crippen molar-refractivity contribution in [2.45, 2.75) is 25.8 Å². The molecule has 6 heteroatoms. The predicted molar refractivity (Wildman–Crippen MR) is 98.3 cm³/mol. The lowest BCUT2D eigenvalue weighted by Crippen LogP contribution is -2.36.